The molecule has 0 spiro atoms. The fourth-order valence-electron chi connectivity index (χ4n) is 2.44. The molecule has 0 saturated carbocycles. The van der Waals surface area contributed by atoms with Crippen LogP contribution in [0.5, 0.6) is 0 Å². The van der Waals surface area contributed by atoms with E-state index in [1.54, 1.807) is 44.1 Å². The van der Waals surface area contributed by atoms with Gasteiger partial charge in [0.15, 0.2) is 10.8 Å². The van der Waals surface area contributed by atoms with Gasteiger partial charge >= 0.3 is 0 Å². The quantitative estimate of drug-likeness (QED) is 0.573. The van der Waals surface area contributed by atoms with Crippen molar-refractivity contribution in [3.8, 4) is 16.6 Å². The summed E-state index contributed by atoms with van der Waals surface area (Å²) in [6, 6.07) is 5.54. The van der Waals surface area contributed by atoms with Crippen LogP contribution in [0.3, 0.4) is 0 Å². The Morgan fingerprint density at radius 1 is 1.19 bits per heavy atom. The second-order valence-electron chi connectivity index (χ2n) is 5.68. The highest BCUT2D eigenvalue weighted by atomic mass is 32.1. The topological polar surface area (TPSA) is 98.5 Å². The fourth-order valence-corrected chi connectivity index (χ4v) is 3.37. The van der Waals surface area contributed by atoms with Crippen molar-refractivity contribution in [2.45, 2.75) is 13.5 Å². The molecule has 0 aromatic carbocycles. The molecule has 0 bridgehead atoms. The summed E-state index contributed by atoms with van der Waals surface area (Å²) in [6.45, 7) is 2.18. The van der Waals surface area contributed by atoms with Gasteiger partial charge in [-0.2, -0.15) is 0 Å². The smallest absolute Gasteiger partial charge is 0.263 e. The van der Waals surface area contributed by atoms with E-state index in [4.69, 9.17) is 0 Å². The van der Waals surface area contributed by atoms with Gasteiger partial charge < -0.3 is 5.32 Å². The monoisotopic (exact) mass is 377 g/mol. The maximum Gasteiger partial charge on any atom is 0.263 e. The lowest BCUT2D eigenvalue weighted by Crippen LogP contribution is -2.22. The number of hydrogen-bond donors (Lipinski definition) is 1. The summed E-state index contributed by atoms with van der Waals surface area (Å²) in [5.74, 6) is 1.11. The van der Waals surface area contributed by atoms with Gasteiger partial charge in [0.05, 0.1) is 5.69 Å². The predicted octanol–water partition coefficient (Wildman–Crippen LogP) is 2.42. The van der Waals surface area contributed by atoms with E-state index < -0.39 is 0 Å². The summed E-state index contributed by atoms with van der Waals surface area (Å²) in [5.41, 5.74) is 1.56. The first-order valence-electron chi connectivity index (χ1n) is 8.17. The summed E-state index contributed by atoms with van der Waals surface area (Å²) in [6.07, 6.45) is 10.2. The molecule has 4 heterocycles. The van der Waals surface area contributed by atoms with Gasteiger partial charge in [0, 0.05) is 37.5 Å². The summed E-state index contributed by atoms with van der Waals surface area (Å²) in [7, 11) is 0. The Balaban J connectivity index is 1.43. The molecule has 4 rings (SSSR count). The number of thiazole rings is 1. The van der Waals surface area contributed by atoms with Gasteiger partial charge in [-0.15, -0.1) is 11.3 Å². The Morgan fingerprint density at radius 2 is 2.04 bits per heavy atom. The zero-order chi connectivity index (χ0) is 18.6. The molecule has 0 radical (unpaired) electrons. The molecule has 4 aromatic rings. The second-order valence-corrected chi connectivity index (χ2v) is 6.68. The van der Waals surface area contributed by atoms with Gasteiger partial charge in [-0.05, 0) is 24.6 Å². The molecule has 0 aliphatic rings. The van der Waals surface area contributed by atoms with Crippen LogP contribution in [0.1, 0.15) is 20.9 Å². The molecule has 0 unspecified atom stereocenters. The molecule has 8 nitrogen and oxygen atoms in total. The maximum atomic E-state index is 12.5. The molecule has 0 aliphatic carbocycles. The van der Waals surface area contributed by atoms with Crippen LogP contribution in [0.4, 0.5) is 0 Å². The van der Waals surface area contributed by atoms with Crippen LogP contribution in [0, 0.1) is 6.92 Å². The van der Waals surface area contributed by atoms with Gasteiger partial charge in [-0.3, -0.25) is 9.36 Å². The molecule has 27 heavy (non-hydrogen) atoms. The lowest BCUT2D eigenvalue weighted by molar-refractivity contribution is 0.0954. The summed E-state index contributed by atoms with van der Waals surface area (Å²) in [4.78, 5) is 34.2. The van der Waals surface area contributed by atoms with E-state index in [0.717, 1.165) is 11.4 Å². The van der Waals surface area contributed by atoms with Crippen LogP contribution in [0.25, 0.3) is 16.6 Å². The Labute approximate surface area is 159 Å². The highest BCUT2D eigenvalue weighted by molar-refractivity contribution is 7.17. The number of nitrogens with one attached hydrogen (secondary N) is 1. The van der Waals surface area contributed by atoms with Crippen molar-refractivity contribution in [1.29, 1.82) is 0 Å². The van der Waals surface area contributed by atoms with Gasteiger partial charge in [0.25, 0.3) is 5.91 Å². The normalized spacial score (nSPS) is 10.7. The molecule has 1 amide bonds. The summed E-state index contributed by atoms with van der Waals surface area (Å²) >= 11 is 1.28. The van der Waals surface area contributed by atoms with Crippen molar-refractivity contribution < 1.29 is 4.79 Å². The van der Waals surface area contributed by atoms with Crippen LogP contribution < -0.4 is 5.32 Å². The van der Waals surface area contributed by atoms with E-state index in [1.807, 2.05) is 22.9 Å². The minimum absolute atomic E-state index is 0.175. The van der Waals surface area contributed by atoms with Crippen LogP contribution in [-0.4, -0.2) is 35.4 Å². The molecule has 9 heteroatoms. The van der Waals surface area contributed by atoms with E-state index in [1.165, 1.54) is 11.3 Å². The van der Waals surface area contributed by atoms with Crippen molar-refractivity contribution in [3.05, 3.63) is 71.6 Å². The Bertz CT molecular complexity index is 1040. The van der Waals surface area contributed by atoms with Gasteiger partial charge in [-0.1, -0.05) is 6.07 Å². The largest absolute Gasteiger partial charge is 0.347 e. The number of aryl methyl sites for hydroxylation is 1. The number of rotatable bonds is 5. The number of amides is 1. The van der Waals surface area contributed by atoms with Gasteiger partial charge in [0.1, 0.15) is 17.0 Å². The first kappa shape index (κ1) is 17.0. The minimum Gasteiger partial charge on any atom is -0.347 e. The van der Waals surface area contributed by atoms with Crippen LogP contribution >= 0.6 is 11.3 Å². The van der Waals surface area contributed by atoms with E-state index >= 15 is 0 Å². The third kappa shape index (κ3) is 3.72. The minimum atomic E-state index is -0.175. The van der Waals surface area contributed by atoms with Gasteiger partial charge in [-0.25, -0.2) is 24.9 Å². The standard InChI is InChI=1S/C18H15N7OS/c1-12-15(27-18(24-12)16-20-5-2-6-21-16)17(26)23-10-13-3-4-14(22-9-13)25-8-7-19-11-25/h2-9,11H,10H2,1H3,(H,23,26). The van der Waals surface area contributed by atoms with Crippen molar-refractivity contribution >= 4 is 17.2 Å². The first-order valence-corrected chi connectivity index (χ1v) is 8.98. The molecule has 0 aliphatic heterocycles. The number of hydrogen-bond acceptors (Lipinski definition) is 7. The SMILES string of the molecule is Cc1nc(-c2ncccn2)sc1C(=O)NCc1ccc(-n2ccnc2)nc1. The van der Waals surface area contributed by atoms with E-state index in [9.17, 15) is 4.79 Å². The molecule has 4 aromatic heterocycles. The number of carbonyl (C=O) groups excluding carboxylic acids is 1. The lowest BCUT2D eigenvalue weighted by atomic mass is 10.2. The Hall–Kier alpha value is -3.46. The Kier molecular flexibility index (Phi) is 4.67. The summed E-state index contributed by atoms with van der Waals surface area (Å²) in [5, 5.41) is 3.54. The number of nitrogens with zero attached hydrogens (tertiary/aromatic N) is 6. The number of carbonyl (C=O) groups is 1. The number of pyridine rings is 1. The van der Waals surface area contributed by atoms with Gasteiger partial charge in [0.2, 0.25) is 0 Å². The lowest BCUT2D eigenvalue weighted by Gasteiger charge is -2.05. The molecular formula is C18H15N7OS. The molecule has 0 atom stereocenters. The van der Waals surface area contributed by atoms with Crippen molar-refractivity contribution in [2.75, 3.05) is 0 Å². The second kappa shape index (κ2) is 7.42. The molecule has 134 valence electrons. The third-order valence-electron chi connectivity index (χ3n) is 3.79. The Morgan fingerprint density at radius 3 is 2.74 bits per heavy atom. The highest BCUT2D eigenvalue weighted by Gasteiger charge is 2.17. The molecule has 0 fully saturated rings. The number of imidazole rings is 1. The molecule has 0 saturated heterocycles. The van der Waals surface area contributed by atoms with Crippen molar-refractivity contribution in [1.82, 2.24) is 34.8 Å². The average molecular weight is 377 g/mol. The first-order chi connectivity index (χ1) is 13.2. The highest BCUT2D eigenvalue weighted by Crippen LogP contribution is 2.25. The molecular weight excluding hydrogens is 362 g/mol. The van der Waals surface area contributed by atoms with Crippen molar-refractivity contribution in [3.63, 3.8) is 0 Å². The zero-order valence-electron chi connectivity index (χ0n) is 14.4. The van der Waals surface area contributed by atoms with E-state index in [-0.39, 0.29) is 5.91 Å². The fraction of sp³-hybridized carbons (Fsp3) is 0.111. The predicted molar refractivity (Wildman–Crippen MR) is 100 cm³/mol. The third-order valence-corrected chi connectivity index (χ3v) is 4.94. The van der Waals surface area contributed by atoms with Crippen LogP contribution in [-0.2, 0) is 6.54 Å². The average Bonchev–Trinajstić information content (AvgIpc) is 3.37. The maximum absolute atomic E-state index is 12.5. The van der Waals surface area contributed by atoms with Crippen LogP contribution in [0.2, 0.25) is 0 Å². The van der Waals surface area contributed by atoms with Crippen molar-refractivity contribution in [2.24, 2.45) is 0 Å². The summed E-state index contributed by atoms with van der Waals surface area (Å²) < 4.78 is 1.82. The number of aromatic nitrogens is 6. The zero-order valence-corrected chi connectivity index (χ0v) is 15.2. The van der Waals surface area contributed by atoms with E-state index in [2.05, 4.69) is 30.2 Å². The van der Waals surface area contributed by atoms with E-state index in [0.29, 0.717) is 27.9 Å². The van der Waals surface area contributed by atoms with Crippen LogP contribution in [0.15, 0.2) is 55.5 Å². The molecule has 1 N–H and O–H groups in total.